The van der Waals surface area contributed by atoms with E-state index in [-0.39, 0.29) is 5.91 Å². The van der Waals surface area contributed by atoms with E-state index in [9.17, 15) is 4.79 Å². The Hall–Kier alpha value is -2.31. The van der Waals surface area contributed by atoms with Crippen molar-refractivity contribution in [3.63, 3.8) is 0 Å². The van der Waals surface area contributed by atoms with Gasteiger partial charge in [0.1, 0.15) is 5.75 Å². The highest BCUT2D eigenvalue weighted by atomic mass is 35.5. The number of methoxy groups -OCH3 is 1. The lowest BCUT2D eigenvalue weighted by Crippen LogP contribution is -2.45. The standard InChI is InChI=1S/C18H18ClN3O2S/c1-12-3-6-14(7-4-12)22-17(23)9-10-21(22)18(25)20-15-11-13(19)5-8-16(15)24-2/h3-8,11H,9-10H2,1-2H3,(H,20,25). The highest BCUT2D eigenvalue weighted by molar-refractivity contribution is 7.80. The Morgan fingerprint density at radius 3 is 2.64 bits per heavy atom. The molecule has 0 bridgehead atoms. The first-order valence-electron chi connectivity index (χ1n) is 7.81. The third-order valence-electron chi connectivity index (χ3n) is 3.93. The number of carbonyl (C=O) groups excluding carboxylic acids is 1. The molecule has 130 valence electrons. The monoisotopic (exact) mass is 375 g/mol. The molecular weight excluding hydrogens is 358 g/mol. The maximum Gasteiger partial charge on any atom is 0.247 e. The van der Waals surface area contributed by atoms with Gasteiger partial charge in [-0.05, 0) is 49.5 Å². The summed E-state index contributed by atoms with van der Waals surface area (Å²) in [6.07, 6.45) is 0.405. The van der Waals surface area contributed by atoms with E-state index in [1.54, 1.807) is 35.3 Å². The van der Waals surface area contributed by atoms with Crippen LogP contribution in [0.1, 0.15) is 12.0 Å². The van der Waals surface area contributed by atoms with Gasteiger partial charge >= 0.3 is 0 Å². The van der Waals surface area contributed by atoms with Crippen molar-refractivity contribution in [2.75, 3.05) is 24.0 Å². The minimum absolute atomic E-state index is 0.00561. The summed E-state index contributed by atoms with van der Waals surface area (Å²) in [5.74, 6) is 0.630. The first-order chi connectivity index (χ1) is 12.0. The van der Waals surface area contributed by atoms with Gasteiger partial charge in [-0.15, -0.1) is 0 Å². The second kappa shape index (κ2) is 7.29. The number of aryl methyl sites for hydroxylation is 1. The van der Waals surface area contributed by atoms with E-state index in [0.29, 0.717) is 34.5 Å². The maximum atomic E-state index is 12.4. The summed E-state index contributed by atoms with van der Waals surface area (Å²) < 4.78 is 5.33. The number of hydrogen-bond donors (Lipinski definition) is 1. The lowest BCUT2D eigenvalue weighted by molar-refractivity contribution is -0.117. The Morgan fingerprint density at radius 2 is 1.96 bits per heavy atom. The maximum absolute atomic E-state index is 12.4. The molecular formula is C18H18ClN3O2S. The molecule has 1 fully saturated rings. The van der Waals surface area contributed by atoms with Gasteiger partial charge in [-0.3, -0.25) is 9.80 Å². The number of thiocarbonyl (C=S) groups is 1. The highest BCUT2D eigenvalue weighted by Gasteiger charge is 2.32. The van der Waals surface area contributed by atoms with E-state index in [4.69, 9.17) is 28.6 Å². The summed E-state index contributed by atoms with van der Waals surface area (Å²) in [7, 11) is 1.58. The second-order valence-electron chi connectivity index (χ2n) is 5.69. The van der Waals surface area contributed by atoms with Gasteiger partial charge in [-0.2, -0.15) is 0 Å². The molecule has 0 unspecified atom stereocenters. The van der Waals surface area contributed by atoms with Gasteiger partial charge in [0.2, 0.25) is 5.91 Å². The van der Waals surface area contributed by atoms with Crippen LogP contribution in [-0.4, -0.2) is 29.7 Å². The highest BCUT2D eigenvalue weighted by Crippen LogP contribution is 2.29. The molecule has 1 saturated heterocycles. The van der Waals surface area contributed by atoms with Gasteiger partial charge in [0.25, 0.3) is 0 Å². The first-order valence-corrected chi connectivity index (χ1v) is 8.60. The number of hydrazine groups is 1. The number of anilines is 2. The topological polar surface area (TPSA) is 44.8 Å². The minimum Gasteiger partial charge on any atom is -0.495 e. The van der Waals surface area contributed by atoms with Crippen LogP contribution in [0.4, 0.5) is 11.4 Å². The average molecular weight is 376 g/mol. The summed E-state index contributed by atoms with van der Waals surface area (Å²) in [6, 6.07) is 13.0. The van der Waals surface area contributed by atoms with E-state index in [1.807, 2.05) is 31.2 Å². The van der Waals surface area contributed by atoms with Crippen LogP contribution in [-0.2, 0) is 4.79 Å². The predicted octanol–water partition coefficient (Wildman–Crippen LogP) is 4.01. The third kappa shape index (κ3) is 3.70. The van der Waals surface area contributed by atoms with Crippen molar-refractivity contribution in [2.45, 2.75) is 13.3 Å². The fourth-order valence-electron chi connectivity index (χ4n) is 2.66. The van der Waals surface area contributed by atoms with Crippen LogP contribution in [0.25, 0.3) is 0 Å². The van der Waals surface area contributed by atoms with Crippen LogP contribution in [0.5, 0.6) is 5.75 Å². The molecule has 1 N–H and O–H groups in total. The summed E-state index contributed by atoms with van der Waals surface area (Å²) in [4.78, 5) is 12.4. The molecule has 3 rings (SSSR count). The van der Waals surface area contributed by atoms with Gasteiger partial charge in [0.05, 0.1) is 25.0 Å². The van der Waals surface area contributed by atoms with Crippen LogP contribution >= 0.6 is 23.8 Å². The Balaban J connectivity index is 1.84. The molecule has 0 saturated carbocycles. The van der Waals surface area contributed by atoms with Gasteiger partial charge in [0, 0.05) is 11.4 Å². The predicted molar refractivity (Wildman–Crippen MR) is 104 cm³/mol. The van der Waals surface area contributed by atoms with Crippen molar-refractivity contribution in [2.24, 2.45) is 0 Å². The molecule has 1 heterocycles. The van der Waals surface area contributed by atoms with E-state index < -0.39 is 0 Å². The van der Waals surface area contributed by atoms with Crippen LogP contribution in [0, 0.1) is 6.92 Å². The average Bonchev–Trinajstić information content (AvgIpc) is 2.97. The molecule has 1 amide bonds. The van der Waals surface area contributed by atoms with Crippen LogP contribution in [0.15, 0.2) is 42.5 Å². The SMILES string of the molecule is COc1ccc(Cl)cc1NC(=S)N1CCC(=O)N1c1ccc(C)cc1. The number of nitrogens with one attached hydrogen (secondary N) is 1. The fraction of sp³-hybridized carbons (Fsp3) is 0.222. The first kappa shape index (κ1) is 17.5. The lowest BCUT2D eigenvalue weighted by atomic mass is 10.2. The number of nitrogens with zero attached hydrogens (tertiary/aromatic N) is 2. The lowest BCUT2D eigenvalue weighted by Gasteiger charge is -2.30. The van der Waals surface area contributed by atoms with Crippen molar-refractivity contribution >= 4 is 46.2 Å². The molecule has 1 aliphatic rings. The molecule has 0 aromatic heterocycles. The Kier molecular flexibility index (Phi) is 5.11. The van der Waals surface area contributed by atoms with Gasteiger partial charge in [-0.1, -0.05) is 29.3 Å². The zero-order valence-electron chi connectivity index (χ0n) is 14.0. The third-order valence-corrected chi connectivity index (χ3v) is 4.48. The van der Waals surface area contributed by atoms with Crippen molar-refractivity contribution in [3.05, 3.63) is 53.1 Å². The molecule has 7 heteroatoms. The van der Waals surface area contributed by atoms with Gasteiger partial charge < -0.3 is 10.1 Å². The molecule has 1 aliphatic heterocycles. The number of benzene rings is 2. The van der Waals surface area contributed by atoms with Crippen molar-refractivity contribution in [1.29, 1.82) is 0 Å². The normalized spacial score (nSPS) is 14.0. The molecule has 2 aromatic rings. The zero-order valence-corrected chi connectivity index (χ0v) is 15.5. The number of halogens is 1. The van der Waals surface area contributed by atoms with Crippen LogP contribution < -0.4 is 15.1 Å². The Labute approximate surface area is 157 Å². The number of amides is 1. The van der Waals surface area contributed by atoms with Gasteiger partial charge in [0.15, 0.2) is 5.11 Å². The molecule has 0 atom stereocenters. The van der Waals surface area contributed by atoms with Crippen molar-refractivity contribution in [1.82, 2.24) is 5.01 Å². The Bertz CT molecular complexity index is 810. The van der Waals surface area contributed by atoms with E-state index in [2.05, 4.69) is 5.32 Å². The summed E-state index contributed by atoms with van der Waals surface area (Å²) in [6.45, 7) is 2.52. The summed E-state index contributed by atoms with van der Waals surface area (Å²) in [5, 5.41) is 7.46. The summed E-state index contributed by atoms with van der Waals surface area (Å²) >= 11 is 11.6. The fourth-order valence-corrected chi connectivity index (χ4v) is 3.12. The van der Waals surface area contributed by atoms with Crippen molar-refractivity contribution < 1.29 is 9.53 Å². The minimum atomic E-state index is 0.00561. The number of carbonyl (C=O) groups is 1. The van der Waals surface area contributed by atoms with E-state index >= 15 is 0 Å². The molecule has 25 heavy (non-hydrogen) atoms. The second-order valence-corrected chi connectivity index (χ2v) is 6.51. The van der Waals surface area contributed by atoms with Gasteiger partial charge in [-0.25, -0.2) is 5.01 Å². The molecule has 2 aromatic carbocycles. The molecule has 0 radical (unpaired) electrons. The largest absolute Gasteiger partial charge is 0.495 e. The number of ether oxygens (including phenoxy) is 1. The number of hydrogen-bond acceptors (Lipinski definition) is 3. The summed E-state index contributed by atoms with van der Waals surface area (Å²) in [5.41, 5.74) is 2.57. The van der Waals surface area contributed by atoms with E-state index in [1.165, 1.54) is 0 Å². The quantitative estimate of drug-likeness (QED) is 0.821. The molecule has 0 aliphatic carbocycles. The number of rotatable bonds is 3. The zero-order chi connectivity index (χ0) is 18.0. The van der Waals surface area contributed by atoms with E-state index in [0.717, 1.165) is 11.3 Å². The van der Waals surface area contributed by atoms with Crippen LogP contribution in [0.3, 0.4) is 0 Å². The molecule has 0 spiro atoms. The van der Waals surface area contributed by atoms with Crippen LogP contribution in [0.2, 0.25) is 5.02 Å². The Morgan fingerprint density at radius 1 is 1.24 bits per heavy atom. The van der Waals surface area contributed by atoms with Crippen molar-refractivity contribution in [3.8, 4) is 5.75 Å². The smallest absolute Gasteiger partial charge is 0.247 e. The molecule has 5 nitrogen and oxygen atoms in total.